The number of hydrogen-bond acceptors (Lipinski definition) is 3. The highest BCUT2D eigenvalue weighted by Gasteiger charge is 2.08. The quantitative estimate of drug-likeness (QED) is 0.380. The van der Waals surface area contributed by atoms with Gasteiger partial charge in [-0.3, -0.25) is 0 Å². The van der Waals surface area contributed by atoms with Gasteiger partial charge in [0.1, 0.15) is 11.6 Å². The number of ether oxygens (including phenoxy) is 2. The van der Waals surface area contributed by atoms with Gasteiger partial charge in [0.2, 0.25) is 0 Å². The van der Waals surface area contributed by atoms with Gasteiger partial charge in [0, 0.05) is 6.08 Å². The molecule has 140 valence electrons. The fourth-order valence-electron chi connectivity index (χ4n) is 2.45. The number of esters is 1. The number of hydrogen-bond donors (Lipinski definition) is 0. The second kappa shape index (κ2) is 9.76. The van der Waals surface area contributed by atoms with E-state index in [-0.39, 0.29) is 5.83 Å². The molecule has 26 heavy (non-hydrogen) atoms. The van der Waals surface area contributed by atoms with E-state index in [1.807, 2.05) is 32.9 Å². The predicted octanol–water partition coefficient (Wildman–Crippen LogP) is 5.55. The zero-order valence-corrected chi connectivity index (χ0v) is 16.6. The Morgan fingerprint density at radius 1 is 1.04 bits per heavy atom. The molecule has 0 atom stereocenters. The van der Waals surface area contributed by atoms with Gasteiger partial charge in [0.25, 0.3) is 0 Å². The minimum Gasteiger partial charge on any atom is -0.496 e. The molecule has 0 spiro atoms. The summed E-state index contributed by atoms with van der Waals surface area (Å²) in [5.74, 6) is 0.0276. The summed E-state index contributed by atoms with van der Waals surface area (Å²) >= 11 is 0. The Morgan fingerprint density at radius 3 is 2.27 bits per heavy atom. The number of methoxy groups -OCH3 is 2. The van der Waals surface area contributed by atoms with Gasteiger partial charge in [0.15, 0.2) is 0 Å². The van der Waals surface area contributed by atoms with E-state index in [4.69, 9.17) is 4.74 Å². The van der Waals surface area contributed by atoms with Crippen molar-refractivity contribution in [3.63, 3.8) is 0 Å². The maximum Gasteiger partial charge on any atom is 0.330 e. The SMILES string of the molecule is COC(=O)/C=C(C)/C=C/C(F)=C(C)\C=C\c1c(C)cc(OC)c(C)c1C. The third-order valence-electron chi connectivity index (χ3n) is 4.24. The third-order valence-corrected chi connectivity index (χ3v) is 4.24. The van der Waals surface area contributed by atoms with E-state index in [1.165, 1.54) is 25.3 Å². The summed E-state index contributed by atoms with van der Waals surface area (Å²) in [5, 5.41) is 0. The summed E-state index contributed by atoms with van der Waals surface area (Å²) in [5.41, 5.74) is 5.42. The van der Waals surface area contributed by atoms with Crippen molar-refractivity contribution < 1.29 is 18.7 Å². The zero-order valence-electron chi connectivity index (χ0n) is 16.6. The van der Waals surface area contributed by atoms with Crippen molar-refractivity contribution in [3.8, 4) is 5.75 Å². The molecule has 0 aromatic heterocycles. The Kier molecular flexibility index (Phi) is 8.04. The Hall–Kier alpha value is -2.62. The van der Waals surface area contributed by atoms with Crippen LogP contribution in [0.2, 0.25) is 0 Å². The third kappa shape index (κ3) is 5.73. The van der Waals surface area contributed by atoms with E-state index < -0.39 is 5.97 Å². The first-order chi connectivity index (χ1) is 12.2. The number of carbonyl (C=O) groups excluding carboxylic acids is 1. The monoisotopic (exact) mass is 358 g/mol. The molecule has 0 aliphatic heterocycles. The first-order valence-electron chi connectivity index (χ1n) is 8.34. The van der Waals surface area contributed by atoms with Crippen molar-refractivity contribution in [3.05, 3.63) is 69.6 Å². The van der Waals surface area contributed by atoms with Crippen LogP contribution in [0.25, 0.3) is 6.08 Å². The van der Waals surface area contributed by atoms with Crippen LogP contribution in [0, 0.1) is 20.8 Å². The molecule has 0 radical (unpaired) electrons. The van der Waals surface area contributed by atoms with Gasteiger partial charge in [-0.1, -0.05) is 18.2 Å². The van der Waals surface area contributed by atoms with Crippen LogP contribution in [0.1, 0.15) is 36.1 Å². The van der Waals surface area contributed by atoms with E-state index in [0.29, 0.717) is 11.1 Å². The van der Waals surface area contributed by atoms with Gasteiger partial charge < -0.3 is 9.47 Å². The highest BCUT2D eigenvalue weighted by molar-refractivity contribution is 5.83. The van der Waals surface area contributed by atoms with Crippen LogP contribution in [0.3, 0.4) is 0 Å². The van der Waals surface area contributed by atoms with Crippen LogP contribution in [0.15, 0.2) is 47.3 Å². The van der Waals surface area contributed by atoms with Gasteiger partial charge in [-0.05, 0) is 80.2 Å². The van der Waals surface area contributed by atoms with Crippen LogP contribution in [-0.2, 0) is 9.53 Å². The highest BCUT2D eigenvalue weighted by atomic mass is 19.1. The van der Waals surface area contributed by atoms with Crippen LogP contribution in [-0.4, -0.2) is 20.2 Å². The Labute approximate surface area is 155 Å². The molecule has 3 nitrogen and oxygen atoms in total. The Bertz CT molecular complexity index is 796. The van der Waals surface area contributed by atoms with Crippen molar-refractivity contribution in [2.45, 2.75) is 34.6 Å². The van der Waals surface area contributed by atoms with Crippen molar-refractivity contribution >= 4 is 12.0 Å². The van der Waals surface area contributed by atoms with Crippen LogP contribution < -0.4 is 4.74 Å². The molecule has 0 unspecified atom stereocenters. The standard InChI is InChI=1S/C22H27FO3/c1-14(12-22(24)26-7)8-11-20(23)15(2)9-10-19-16(3)13-21(25-6)18(5)17(19)4/h8-13H,1-7H3/b10-9+,11-8+,14-12+,20-15+. The second-order valence-corrected chi connectivity index (χ2v) is 6.17. The average molecular weight is 358 g/mol. The molecule has 0 aliphatic rings. The molecule has 0 saturated carbocycles. The molecule has 0 fully saturated rings. The van der Waals surface area contributed by atoms with Crippen molar-refractivity contribution in [1.29, 1.82) is 0 Å². The molecular formula is C22H27FO3. The molecule has 0 saturated heterocycles. The molecule has 4 heteroatoms. The van der Waals surface area contributed by atoms with Crippen LogP contribution in [0.4, 0.5) is 4.39 Å². The van der Waals surface area contributed by atoms with E-state index >= 15 is 0 Å². The maximum atomic E-state index is 14.3. The van der Waals surface area contributed by atoms with Gasteiger partial charge in [-0.2, -0.15) is 0 Å². The lowest BCUT2D eigenvalue weighted by Gasteiger charge is -2.13. The molecule has 0 N–H and O–H groups in total. The van der Waals surface area contributed by atoms with E-state index in [2.05, 4.69) is 4.74 Å². The number of benzene rings is 1. The highest BCUT2D eigenvalue weighted by Crippen LogP contribution is 2.28. The summed E-state index contributed by atoms with van der Waals surface area (Å²) in [6.45, 7) is 9.45. The van der Waals surface area contributed by atoms with Gasteiger partial charge >= 0.3 is 5.97 Å². The number of rotatable bonds is 6. The summed E-state index contributed by atoms with van der Waals surface area (Å²) in [6.07, 6.45) is 7.85. The molecule has 1 aromatic carbocycles. The lowest BCUT2D eigenvalue weighted by atomic mass is 9.96. The molecule has 0 aliphatic carbocycles. The molecular weight excluding hydrogens is 331 g/mol. The smallest absolute Gasteiger partial charge is 0.330 e. The van der Waals surface area contributed by atoms with Crippen molar-refractivity contribution in [2.75, 3.05) is 14.2 Å². The average Bonchev–Trinajstić information content (AvgIpc) is 2.61. The van der Waals surface area contributed by atoms with E-state index in [0.717, 1.165) is 28.0 Å². The molecule has 0 bridgehead atoms. The molecule has 1 aromatic rings. The molecule has 0 heterocycles. The summed E-state index contributed by atoms with van der Waals surface area (Å²) in [7, 11) is 2.96. The minimum atomic E-state index is -0.464. The van der Waals surface area contributed by atoms with Gasteiger partial charge in [-0.25, -0.2) is 9.18 Å². The van der Waals surface area contributed by atoms with Gasteiger partial charge in [0.05, 0.1) is 14.2 Å². The lowest BCUT2D eigenvalue weighted by Crippen LogP contribution is -1.96. The predicted molar refractivity (Wildman–Crippen MR) is 105 cm³/mol. The zero-order chi connectivity index (χ0) is 19.9. The van der Waals surface area contributed by atoms with Crippen molar-refractivity contribution in [2.24, 2.45) is 0 Å². The Morgan fingerprint density at radius 2 is 1.69 bits per heavy atom. The number of aryl methyl sites for hydroxylation is 1. The topological polar surface area (TPSA) is 35.5 Å². The Balaban J connectivity index is 3.07. The largest absolute Gasteiger partial charge is 0.496 e. The first kappa shape index (κ1) is 21.4. The maximum absolute atomic E-state index is 14.3. The number of carbonyl (C=O) groups is 1. The minimum absolute atomic E-state index is 0.362. The molecule has 0 amide bonds. The first-order valence-corrected chi connectivity index (χ1v) is 8.34. The van der Waals surface area contributed by atoms with Crippen molar-refractivity contribution in [1.82, 2.24) is 0 Å². The fourth-order valence-corrected chi connectivity index (χ4v) is 2.45. The lowest BCUT2D eigenvalue weighted by molar-refractivity contribution is -0.134. The molecule has 1 rings (SSSR count). The summed E-state index contributed by atoms with van der Waals surface area (Å²) in [4.78, 5) is 11.1. The van der Waals surface area contributed by atoms with E-state index in [1.54, 1.807) is 27.0 Å². The number of allylic oxidation sites excluding steroid dienone is 6. The normalized spacial score (nSPS) is 13.3. The van der Waals surface area contributed by atoms with Crippen LogP contribution in [0.5, 0.6) is 5.75 Å². The van der Waals surface area contributed by atoms with Gasteiger partial charge in [-0.15, -0.1) is 0 Å². The number of halogens is 1. The van der Waals surface area contributed by atoms with Crippen LogP contribution >= 0.6 is 0 Å². The van der Waals surface area contributed by atoms with E-state index in [9.17, 15) is 9.18 Å². The fraction of sp³-hybridized carbons (Fsp3) is 0.318. The summed E-state index contributed by atoms with van der Waals surface area (Å²) < 4.78 is 24.2. The summed E-state index contributed by atoms with van der Waals surface area (Å²) in [6, 6.07) is 1.98. The second-order valence-electron chi connectivity index (χ2n) is 6.17.